The molecule has 0 radical (unpaired) electrons. The fourth-order valence-electron chi connectivity index (χ4n) is 2.66. The molecule has 0 saturated heterocycles. The number of carboxylic acids is 1. The Morgan fingerprint density at radius 3 is 2.19 bits per heavy atom. The van der Waals surface area contributed by atoms with Gasteiger partial charge in [-0.2, -0.15) is 0 Å². The smallest absolute Gasteiger partial charge is 0.328 e. The zero-order valence-electron chi connectivity index (χ0n) is 15.4. The zero-order valence-corrected chi connectivity index (χ0v) is 16.3. The van der Waals surface area contributed by atoms with Gasteiger partial charge in [-0.3, -0.25) is 4.72 Å². The molecule has 2 aromatic rings. The normalized spacial score (nSPS) is 11.4. The topological polar surface area (TPSA) is 102 Å². The molecular formula is C19H21NO6S. The molecule has 0 spiro atoms. The maximum absolute atomic E-state index is 13.0. The van der Waals surface area contributed by atoms with Gasteiger partial charge in [0, 0.05) is 11.8 Å². The molecule has 2 N–H and O–H groups in total. The van der Waals surface area contributed by atoms with E-state index < -0.39 is 16.0 Å². The molecule has 7 nitrogen and oxygen atoms in total. The van der Waals surface area contributed by atoms with Crippen molar-refractivity contribution in [2.45, 2.75) is 18.7 Å². The van der Waals surface area contributed by atoms with Gasteiger partial charge in [0.1, 0.15) is 4.90 Å². The first-order chi connectivity index (χ1) is 12.7. The zero-order chi connectivity index (χ0) is 20.2. The number of rotatable bonds is 7. The summed E-state index contributed by atoms with van der Waals surface area (Å²) in [6.07, 6.45) is 2.19. The van der Waals surface area contributed by atoms with Gasteiger partial charge in [0.2, 0.25) is 0 Å². The highest BCUT2D eigenvalue weighted by Gasteiger charge is 2.24. The van der Waals surface area contributed by atoms with Crippen molar-refractivity contribution in [1.29, 1.82) is 0 Å². The molecule has 0 aromatic heterocycles. The van der Waals surface area contributed by atoms with Crippen molar-refractivity contribution in [2.75, 3.05) is 18.9 Å². The molecule has 8 heteroatoms. The van der Waals surface area contributed by atoms with E-state index in [1.807, 2.05) is 19.9 Å². The van der Waals surface area contributed by atoms with Crippen molar-refractivity contribution in [1.82, 2.24) is 0 Å². The van der Waals surface area contributed by atoms with Gasteiger partial charge < -0.3 is 14.6 Å². The third-order valence-corrected chi connectivity index (χ3v) is 5.04. The van der Waals surface area contributed by atoms with Crippen LogP contribution in [0.5, 0.6) is 11.5 Å². The summed E-state index contributed by atoms with van der Waals surface area (Å²) in [5.41, 5.74) is 2.58. The average Bonchev–Trinajstić information content (AvgIpc) is 2.57. The van der Waals surface area contributed by atoms with Crippen LogP contribution in [0.4, 0.5) is 5.69 Å². The third kappa shape index (κ3) is 5.01. The predicted octanol–water partition coefficient (Wildman–Crippen LogP) is 3.22. The van der Waals surface area contributed by atoms with Crippen LogP contribution in [0.15, 0.2) is 41.3 Å². The molecule has 2 aromatic carbocycles. The van der Waals surface area contributed by atoms with Crippen LogP contribution < -0.4 is 14.2 Å². The number of carboxylic acid groups (broad SMARTS) is 1. The van der Waals surface area contributed by atoms with Gasteiger partial charge in [0.05, 0.1) is 14.2 Å². The van der Waals surface area contributed by atoms with E-state index in [4.69, 9.17) is 14.6 Å². The maximum Gasteiger partial charge on any atom is 0.328 e. The lowest BCUT2D eigenvalue weighted by Gasteiger charge is -2.16. The Morgan fingerprint density at radius 1 is 1.04 bits per heavy atom. The van der Waals surface area contributed by atoms with E-state index in [1.165, 1.54) is 32.4 Å². The Kier molecular flexibility index (Phi) is 6.12. The van der Waals surface area contributed by atoms with E-state index in [9.17, 15) is 13.2 Å². The summed E-state index contributed by atoms with van der Waals surface area (Å²) in [7, 11) is -1.31. The number of sulfonamides is 1. The summed E-state index contributed by atoms with van der Waals surface area (Å²) in [6.45, 7) is 3.73. The van der Waals surface area contributed by atoms with Crippen LogP contribution in [-0.4, -0.2) is 33.7 Å². The Balaban J connectivity index is 2.58. The highest BCUT2D eigenvalue weighted by Crippen LogP contribution is 2.37. The second kappa shape index (κ2) is 8.13. The average molecular weight is 391 g/mol. The van der Waals surface area contributed by atoms with Gasteiger partial charge in [-0.25, -0.2) is 13.2 Å². The second-order valence-corrected chi connectivity index (χ2v) is 7.56. The molecule has 0 fully saturated rings. The summed E-state index contributed by atoms with van der Waals surface area (Å²) in [4.78, 5) is 10.6. The number of aliphatic carboxylic acids is 1. The number of nitrogens with one attached hydrogen (secondary N) is 1. The van der Waals surface area contributed by atoms with E-state index in [2.05, 4.69) is 4.72 Å². The molecule has 2 rings (SSSR count). The number of ether oxygens (including phenoxy) is 2. The van der Waals surface area contributed by atoms with Crippen molar-refractivity contribution < 1.29 is 27.8 Å². The van der Waals surface area contributed by atoms with E-state index >= 15 is 0 Å². The van der Waals surface area contributed by atoms with Gasteiger partial charge >= 0.3 is 5.97 Å². The van der Waals surface area contributed by atoms with Crippen LogP contribution in [0.3, 0.4) is 0 Å². The molecule has 144 valence electrons. The van der Waals surface area contributed by atoms with Crippen molar-refractivity contribution >= 4 is 27.8 Å². The number of benzene rings is 2. The summed E-state index contributed by atoms with van der Waals surface area (Å²) in [5.74, 6) is -0.949. The minimum absolute atomic E-state index is 0.0295. The first-order valence-electron chi connectivity index (χ1n) is 7.94. The molecule has 0 bridgehead atoms. The molecule has 0 unspecified atom stereocenters. The fraction of sp³-hybridized carbons (Fsp3) is 0.211. The van der Waals surface area contributed by atoms with Crippen molar-refractivity contribution in [3.8, 4) is 11.5 Å². The first kappa shape index (κ1) is 20.3. The van der Waals surface area contributed by atoms with E-state index in [1.54, 1.807) is 12.1 Å². The monoisotopic (exact) mass is 391 g/mol. The molecule has 0 aliphatic heterocycles. The van der Waals surface area contributed by atoms with Gasteiger partial charge in [0.25, 0.3) is 10.0 Å². The Labute approximate surface area is 158 Å². The van der Waals surface area contributed by atoms with Gasteiger partial charge in [0.15, 0.2) is 11.5 Å². The van der Waals surface area contributed by atoms with Gasteiger partial charge in [-0.1, -0.05) is 6.07 Å². The Morgan fingerprint density at radius 2 is 1.67 bits per heavy atom. The predicted molar refractivity (Wildman–Crippen MR) is 103 cm³/mol. The summed E-state index contributed by atoms with van der Waals surface area (Å²) < 4.78 is 38.9. The maximum atomic E-state index is 13.0. The van der Waals surface area contributed by atoms with Crippen molar-refractivity contribution in [3.05, 3.63) is 53.1 Å². The number of anilines is 1. The quantitative estimate of drug-likeness (QED) is 0.703. The lowest BCUT2D eigenvalue weighted by Crippen LogP contribution is -2.15. The van der Waals surface area contributed by atoms with Crippen LogP contribution in [0.25, 0.3) is 6.08 Å². The standard InChI is InChI=1S/C19H21NO6S/c1-12-7-13(2)9-15(8-12)20-27(23,24)17-11-14(5-6-18(21)22)10-16(25-3)19(17)26-4/h5-11,20H,1-4H3,(H,21,22)/b6-5+. The summed E-state index contributed by atoms with van der Waals surface area (Å²) in [6, 6.07) is 8.17. The lowest BCUT2D eigenvalue weighted by molar-refractivity contribution is -0.131. The van der Waals surface area contributed by atoms with E-state index in [0.29, 0.717) is 11.3 Å². The van der Waals surface area contributed by atoms with E-state index in [0.717, 1.165) is 17.2 Å². The van der Waals surface area contributed by atoms with Crippen molar-refractivity contribution in [3.63, 3.8) is 0 Å². The molecule has 0 amide bonds. The minimum Gasteiger partial charge on any atom is -0.493 e. The second-order valence-electron chi connectivity index (χ2n) is 5.91. The number of aryl methyl sites for hydroxylation is 2. The largest absolute Gasteiger partial charge is 0.493 e. The molecule has 0 heterocycles. The number of carbonyl (C=O) groups is 1. The third-order valence-electron chi connectivity index (χ3n) is 3.65. The fourth-order valence-corrected chi connectivity index (χ4v) is 3.91. The van der Waals surface area contributed by atoms with Crippen LogP contribution in [0.1, 0.15) is 16.7 Å². The Hall–Kier alpha value is -3.00. The first-order valence-corrected chi connectivity index (χ1v) is 9.42. The van der Waals surface area contributed by atoms with E-state index in [-0.39, 0.29) is 16.4 Å². The molecule has 27 heavy (non-hydrogen) atoms. The van der Waals surface area contributed by atoms with Gasteiger partial charge in [-0.15, -0.1) is 0 Å². The number of methoxy groups -OCH3 is 2. The summed E-state index contributed by atoms with van der Waals surface area (Å²) in [5, 5.41) is 8.80. The highest BCUT2D eigenvalue weighted by atomic mass is 32.2. The molecular weight excluding hydrogens is 370 g/mol. The molecule has 0 aliphatic rings. The Bertz CT molecular complexity index is 975. The number of hydrogen-bond acceptors (Lipinski definition) is 5. The lowest BCUT2D eigenvalue weighted by atomic mass is 10.1. The van der Waals surface area contributed by atoms with Crippen LogP contribution in [0, 0.1) is 13.8 Å². The molecule has 0 atom stereocenters. The minimum atomic E-state index is -4.02. The van der Waals surface area contributed by atoms with Crippen LogP contribution >= 0.6 is 0 Å². The van der Waals surface area contributed by atoms with Gasteiger partial charge in [-0.05, 0) is 60.9 Å². The SMILES string of the molecule is COc1cc(/C=C/C(=O)O)cc(S(=O)(=O)Nc2cc(C)cc(C)c2)c1OC. The van der Waals surface area contributed by atoms with Crippen LogP contribution in [-0.2, 0) is 14.8 Å². The number of hydrogen-bond donors (Lipinski definition) is 2. The summed E-state index contributed by atoms with van der Waals surface area (Å²) >= 11 is 0. The van der Waals surface area contributed by atoms with Crippen LogP contribution in [0.2, 0.25) is 0 Å². The molecule has 0 saturated carbocycles. The molecule has 0 aliphatic carbocycles. The van der Waals surface area contributed by atoms with Crippen molar-refractivity contribution in [2.24, 2.45) is 0 Å². The highest BCUT2D eigenvalue weighted by molar-refractivity contribution is 7.92.